The molecule has 0 rings (SSSR count). The van der Waals surface area contributed by atoms with Crippen molar-refractivity contribution in [3.05, 3.63) is 11.7 Å². The molecule has 0 saturated carbocycles. The molecule has 0 aliphatic heterocycles. The highest BCUT2D eigenvalue weighted by atomic mass is 16.5. The van der Waals surface area contributed by atoms with Crippen LogP contribution >= 0.6 is 0 Å². The summed E-state index contributed by atoms with van der Waals surface area (Å²) in [5, 5.41) is 2.94. The van der Waals surface area contributed by atoms with Crippen molar-refractivity contribution in [2.75, 3.05) is 13.7 Å². The Morgan fingerprint density at radius 3 is 2.67 bits per heavy atom. The van der Waals surface area contributed by atoms with Gasteiger partial charge in [-0.2, -0.15) is 0 Å². The van der Waals surface area contributed by atoms with E-state index in [9.17, 15) is 0 Å². The number of hydrogen-bond acceptors (Lipinski definition) is 3. The van der Waals surface area contributed by atoms with Crippen LogP contribution in [-0.4, -0.2) is 33.6 Å². The maximum Gasteiger partial charge on any atom is 0.137 e. The minimum absolute atomic E-state index is 0.000139. The fourth-order valence-electron chi connectivity index (χ4n) is 0.762. The Morgan fingerprint density at radius 1 is 1.67 bits per heavy atom. The summed E-state index contributed by atoms with van der Waals surface area (Å²) in [6.07, 6.45) is 2.15. The zero-order chi connectivity index (χ0) is 9.56. The third kappa shape index (κ3) is 5.21. The van der Waals surface area contributed by atoms with E-state index in [4.69, 9.17) is 10.5 Å². The molecule has 0 aliphatic carbocycles. The highest BCUT2D eigenvalue weighted by molar-refractivity contribution is 6.22. The second kappa shape index (κ2) is 6.09. The van der Waals surface area contributed by atoms with Gasteiger partial charge >= 0.3 is 0 Å². The van der Waals surface area contributed by atoms with Gasteiger partial charge in [0.2, 0.25) is 0 Å². The molecule has 1 unspecified atom stereocenters. The average molecular weight is 170 g/mol. The van der Waals surface area contributed by atoms with E-state index < -0.39 is 0 Å². The summed E-state index contributed by atoms with van der Waals surface area (Å²) in [5.74, 6) is 0. The Kier molecular flexibility index (Phi) is 5.85. The first-order chi connectivity index (χ1) is 5.57. The highest BCUT2D eigenvalue weighted by Crippen LogP contribution is 1.96. The fraction of sp³-hybridized carbons (Fsp3) is 0.750. The largest absolute Gasteiger partial charge is 0.395 e. The van der Waals surface area contributed by atoms with E-state index in [2.05, 4.69) is 5.32 Å². The molecule has 0 aromatic carbocycles. The number of nitrogens with one attached hydrogen (secondary N) is 1. The topological polar surface area (TPSA) is 47.3 Å². The van der Waals surface area contributed by atoms with Crippen molar-refractivity contribution in [3.63, 3.8) is 0 Å². The molecule has 12 heavy (non-hydrogen) atoms. The number of nitrogens with two attached hydrogens (primary N) is 1. The van der Waals surface area contributed by atoms with Crippen molar-refractivity contribution < 1.29 is 4.74 Å². The lowest BCUT2D eigenvalue weighted by molar-refractivity contribution is 0.0746. The van der Waals surface area contributed by atoms with Gasteiger partial charge < -0.3 is 15.8 Å². The standard InChI is InChI=1S/C8H19BN2O/c1-6(2)12-5-8(10)7(9)4-11-3/h4,6,8,11H,5,9-10H2,1-3H3/b7-4+. The molecule has 0 saturated heterocycles. The smallest absolute Gasteiger partial charge is 0.137 e. The van der Waals surface area contributed by atoms with Gasteiger partial charge in [-0.25, -0.2) is 0 Å². The van der Waals surface area contributed by atoms with Gasteiger partial charge in [-0.05, 0) is 20.0 Å². The van der Waals surface area contributed by atoms with Gasteiger partial charge in [-0.15, -0.1) is 0 Å². The lowest BCUT2D eigenvalue weighted by Gasteiger charge is -2.15. The first kappa shape index (κ1) is 11.5. The summed E-state index contributed by atoms with van der Waals surface area (Å²) < 4.78 is 5.38. The summed E-state index contributed by atoms with van der Waals surface area (Å²) in [5.41, 5.74) is 6.93. The van der Waals surface area contributed by atoms with E-state index in [1.807, 2.05) is 34.9 Å². The molecule has 0 heterocycles. The van der Waals surface area contributed by atoms with Crippen molar-refractivity contribution in [1.82, 2.24) is 5.32 Å². The Labute approximate surface area is 75.8 Å². The molecular formula is C8H19BN2O. The van der Waals surface area contributed by atoms with Crippen LogP contribution in [0.2, 0.25) is 0 Å². The van der Waals surface area contributed by atoms with Crippen molar-refractivity contribution in [3.8, 4) is 0 Å². The summed E-state index contributed by atoms with van der Waals surface area (Å²) in [7, 11) is 3.85. The van der Waals surface area contributed by atoms with E-state index >= 15 is 0 Å². The van der Waals surface area contributed by atoms with Crippen LogP contribution in [0.1, 0.15) is 13.8 Å². The summed E-state index contributed by atoms with van der Waals surface area (Å²) in [6.45, 7) is 4.59. The van der Waals surface area contributed by atoms with Crippen LogP contribution in [-0.2, 0) is 4.74 Å². The second-order valence-corrected chi connectivity index (χ2v) is 3.17. The Bertz CT molecular complexity index is 148. The van der Waals surface area contributed by atoms with E-state index in [0.717, 1.165) is 5.47 Å². The van der Waals surface area contributed by atoms with Gasteiger partial charge in [-0.3, -0.25) is 0 Å². The Morgan fingerprint density at radius 2 is 2.25 bits per heavy atom. The van der Waals surface area contributed by atoms with Gasteiger partial charge in [0.05, 0.1) is 12.7 Å². The van der Waals surface area contributed by atoms with Crippen molar-refractivity contribution in [1.29, 1.82) is 0 Å². The van der Waals surface area contributed by atoms with Crippen LogP contribution in [0, 0.1) is 0 Å². The molecule has 3 N–H and O–H groups in total. The molecule has 0 bridgehead atoms. The maximum atomic E-state index is 5.82. The highest BCUT2D eigenvalue weighted by Gasteiger charge is 2.04. The quantitative estimate of drug-likeness (QED) is 0.543. The van der Waals surface area contributed by atoms with E-state index in [1.54, 1.807) is 0 Å². The summed E-state index contributed by atoms with van der Waals surface area (Å²) in [4.78, 5) is 0. The second-order valence-electron chi connectivity index (χ2n) is 3.17. The molecule has 0 radical (unpaired) electrons. The predicted octanol–water partition coefficient (Wildman–Crippen LogP) is -0.567. The van der Waals surface area contributed by atoms with Crippen LogP contribution in [0.3, 0.4) is 0 Å². The minimum Gasteiger partial charge on any atom is -0.395 e. The molecule has 1 atom stereocenters. The predicted molar refractivity (Wildman–Crippen MR) is 54.8 cm³/mol. The van der Waals surface area contributed by atoms with Gasteiger partial charge in [0.1, 0.15) is 7.85 Å². The summed E-state index contributed by atoms with van der Waals surface area (Å²) >= 11 is 0. The molecule has 0 spiro atoms. The molecule has 0 fully saturated rings. The van der Waals surface area contributed by atoms with Crippen LogP contribution in [0.25, 0.3) is 0 Å². The van der Waals surface area contributed by atoms with Crippen LogP contribution < -0.4 is 11.1 Å². The zero-order valence-corrected chi connectivity index (χ0v) is 8.42. The van der Waals surface area contributed by atoms with Crippen LogP contribution in [0.4, 0.5) is 0 Å². The monoisotopic (exact) mass is 170 g/mol. The Hall–Kier alpha value is -0.475. The Balaban J connectivity index is 3.71. The molecule has 70 valence electrons. The van der Waals surface area contributed by atoms with E-state index in [-0.39, 0.29) is 12.1 Å². The molecule has 0 aliphatic rings. The molecule has 3 nitrogen and oxygen atoms in total. The first-order valence-electron chi connectivity index (χ1n) is 4.29. The van der Waals surface area contributed by atoms with E-state index in [1.165, 1.54) is 0 Å². The molecule has 0 aromatic heterocycles. The maximum absolute atomic E-state index is 5.82. The molecule has 0 amide bonds. The number of rotatable bonds is 5. The van der Waals surface area contributed by atoms with Gasteiger partial charge in [0, 0.05) is 13.1 Å². The van der Waals surface area contributed by atoms with Gasteiger partial charge in [0.15, 0.2) is 0 Å². The third-order valence-electron chi connectivity index (χ3n) is 1.57. The SMILES string of the molecule is B/C(=C/NC)C(N)COC(C)C. The summed E-state index contributed by atoms with van der Waals surface area (Å²) in [6, 6.07) is -0.000139. The lowest BCUT2D eigenvalue weighted by atomic mass is 9.90. The lowest BCUT2D eigenvalue weighted by Crippen LogP contribution is -2.30. The fourth-order valence-corrected chi connectivity index (χ4v) is 0.762. The first-order valence-corrected chi connectivity index (χ1v) is 4.29. The normalized spacial score (nSPS) is 14.9. The molecule has 0 aromatic rings. The van der Waals surface area contributed by atoms with Crippen molar-refractivity contribution >= 4 is 7.85 Å². The number of ether oxygens (including phenoxy) is 1. The van der Waals surface area contributed by atoms with Crippen molar-refractivity contribution in [2.24, 2.45) is 5.73 Å². The van der Waals surface area contributed by atoms with Crippen LogP contribution in [0.5, 0.6) is 0 Å². The molecular weight excluding hydrogens is 151 g/mol. The van der Waals surface area contributed by atoms with Gasteiger partial charge in [-0.1, -0.05) is 5.47 Å². The zero-order valence-electron chi connectivity index (χ0n) is 8.42. The molecule has 4 heteroatoms. The van der Waals surface area contributed by atoms with E-state index in [0.29, 0.717) is 6.61 Å². The number of hydrogen-bond donors (Lipinski definition) is 2. The van der Waals surface area contributed by atoms with Crippen molar-refractivity contribution in [2.45, 2.75) is 26.0 Å². The van der Waals surface area contributed by atoms with Crippen LogP contribution in [0.15, 0.2) is 11.7 Å². The minimum atomic E-state index is -0.000139. The van der Waals surface area contributed by atoms with Gasteiger partial charge in [0.25, 0.3) is 0 Å². The third-order valence-corrected chi connectivity index (χ3v) is 1.57. The average Bonchev–Trinajstić information content (AvgIpc) is 2.00.